The van der Waals surface area contributed by atoms with Crippen molar-refractivity contribution in [1.82, 2.24) is 15.3 Å². The molecule has 0 atom stereocenters. The highest BCUT2D eigenvalue weighted by Gasteiger charge is 2.23. The van der Waals surface area contributed by atoms with Crippen LogP contribution in [0.25, 0.3) is 11.3 Å². The number of nitrogens with zero attached hydrogens (tertiary/aromatic N) is 2. The third kappa shape index (κ3) is 4.88. The SMILES string of the molecule is Nc1ncc([C@H]2CC[C@@H](O)CC2)nc1-c1ccc(C(=O)NCc2ccccc2)c(F)c1. The molecule has 160 valence electrons. The van der Waals surface area contributed by atoms with E-state index in [1.165, 1.54) is 12.1 Å². The minimum absolute atomic E-state index is 0.0383. The molecule has 31 heavy (non-hydrogen) atoms. The fourth-order valence-corrected chi connectivity index (χ4v) is 3.91. The van der Waals surface area contributed by atoms with Crippen LogP contribution in [0.3, 0.4) is 0 Å². The van der Waals surface area contributed by atoms with Crippen molar-refractivity contribution < 1.29 is 14.3 Å². The number of amides is 1. The topological polar surface area (TPSA) is 101 Å². The Morgan fingerprint density at radius 1 is 1.13 bits per heavy atom. The molecule has 1 aliphatic carbocycles. The molecule has 1 amide bonds. The maximum atomic E-state index is 14.8. The highest BCUT2D eigenvalue weighted by molar-refractivity contribution is 5.95. The van der Waals surface area contributed by atoms with Gasteiger partial charge in [0.2, 0.25) is 0 Å². The van der Waals surface area contributed by atoms with Crippen LogP contribution in [-0.4, -0.2) is 27.1 Å². The van der Waals surface area contributed by atoms with E-state index < -0.39 is 11.7 Å². The van der Waals surface area contributed by atoms with Gasteiger partial charge >= 0.3 is 0 Å². The molecule has 0 saturated heterocycles. The van der Waals surface area contributed by atoms with Gasteiger partial charge in [-0.05, 0) is 43.4 Å². The molecule has 4 N–H and O–H groups in total. The molecule has 0 spiro atoms. The van der Waals surface area contributed by atoms with E-state index in [-0.39, 0.29) is 23.4 Å². The van der Waals surface area contributed by atoms with Crippen molar-refractivity contribution >= 4 is 11.7 Å². The number of anilines is 1. The number of carbonyl (C=O) groups excluding carboxylic acids is 1. The van der Waals surface area contributed by atoms with Crippen molar-refractivity contribution in [3.63, 3.8) is 0 Å². The number of hydrogen-bond donors (Lipinski definition) is 3. The number of hydrogen-bond acceptors (Lipinski definition) is 5. The van der Waals surface area contributed by atoms with Crippen molar-refractivity contribution in [1.29, 1.82) is 0 Å². The molecule has 1 fully saturated rings. The molecule has 1 heterocycles. The summed E-state index contributed by atoms with van der Waals surface area (Å²) in [5, 5.41) is 12.5. The molecule has 6 nitrogen and oxygen atoms in total. The lowest BCUT2D eigenvalue weighted by Crippen LogP contribution is -2.23. The van der Waals surface area contributed by atoms with Crippen molar-refractivity contribution in [2.45, 2.75) is 44.2 Å². The summed E-state index contributed by atoms with van der Waals surface area (Å²) in [5.74, 6) is -0.722. The first-order valence-electron chi connectivity index (χ1n) is 10.4. The molecule has 0 unspecified atom stereocenters. The second-order valence-corrected chi connectivity index (χ2v) is 7.90. The first-order valence-corrected chi connectivity index (χ1v) is 10.4. The molecule has 0 radical (unpaired) electrons. The fourth-order valence-electron chi connectivity index (χ4n) is 3.91. The van der Waals surface area contributed by atoms with E-state index in [0.29, 0.717) is 17.8 Å². The van der Waals surface area contributed by atoms with Gasteiger partial charge < -0.3 is 16.2 Å². The predicted octanol–water partition coefficient (Wildman–Crippen LogP) is 3.81. The van der Waals surface area contributed by atoms with Crippen LogP contribution in [0.4, 0.5) is 10.2 Å². The zero-order valence-corrected chi connectivity index (χ0v) is 17.1. The second kappa shape index (κ2) is 9.22. The smallest absolute Gasteiger partial charge is 0.254 e. The normalized spacial score (nSPS) is 18.5. The van der Waals surface area contributed by atoms with Crippen LogP contribution < -0.4 is 11.1 Å². The number of aliphatic hydroxyl groups excluding tert-OH is 1. The quantitative estimate of drug-likeness (QED) is 0.583. The van der Waals surface area contributed by atoms with E-state index in [1.807, 2.05) is 30.3 Å². The van der Waals surface area contributed by atoms with Crippen LogP contribution in [0.5, 0.6) is 0 Å². The number of benzene rings is 2. The van der Waals surface area contributed by atoms with Gasteiger partial charge in [-0.3, -0.25) is 4.79 Å². The Morgan fingerprint density at radius 3 is 2.58 bits per heavy atom. The van der Waals surface area contributed by atoms with Crippen LogP contribution in [-0.2, 0) is 6.54 Å². The van der Waals surface area contributed by atoms with Crippen molar-refractivity contribution in [2.24, 2.45) is 0 Å². The van der Waals surface area contributed by atoms with E-state index >= 15 is 0 Å². The zero-order valence-electron chi connectivity index (χ0n) is 17.1. The third-order valence-corrected chi connectivity index (χ3v) is 5.72. The molecule has 7 heteroatoms. The summed E-state index contributed by atoms with van der Waals surface area (Å²) in [5.41, 5.74) is 8.58. The third-order valence-electron chi connectivity index (χ3n) is 5.72. The first kappa shape index (κ1) is 20.9. The van der Waals surface area contributed by atoms with Crippen molar-refractivity contribution in [2.75, 3.05) is 5.73 Å². The molecule has 3 aromatic rings. The van der Waals surface area contributed by atoms with E-state index in [0.717, 1.165) is 36.9 Å². The summed E-state index contributed by atoms with van der Waals surface area (Å²) < 4.78 is 14.8. The first-order chi connectivity index (χ1) is 15.0. The average Bonchev–Trinajstić information content (AvgIpc) is 2.79. The molecular weight excluding hydrogens is 395 g/mol. The van der Waals surface area contributed by atoms with Gasteiger partial charge in [0.1, 0.15) is 17.3 Å². The van der Waals surface area contributed by atoms with E-state index in [4.69, 9.17) is 5.73 Å². The van der Waals surface area contributed by atoms with Crippen LogP contribution in [0.15, 0.2) is 54.7 Å². The van der Waals surface area contributed by atoms with Gasteiger partial charge in [-0.1, -0.05) is 36.4 Å². The molecule has 0 bridgehead atoms. The van der Waals surface area contributed by atoms with Gasteiger partial charge in [0.15, 0.2) is 0 Å². The number of rotatable bonds is 5. The number of nitrogens with two attached hydrogens (primary N) is 1. The van der Waals surface area contributed by atoms with Gasteiger partial charge in [-0.15, -0.1) is 0 Å². The summed E-state index contributed by atoms with van der Waals surface area (Å²) in [6.07, 6.45) is 4.51. The Hall–Kier alpha value is -3.32. The number of aromatic nitrogens is 2. The Morgan fingerprint density at radius 2 is 1.87 bits per heavy atom. The molecule has 4 rings (SSSR count). The van der Waals surface area contributed by atoms with Crippen LogP contribution in [0, 0.1) is 5.82 Å². The number of aliphatic hydroxyl groups is 1. The zero-order chi connectivity index (χ0) is 21.8. The minimum atomic E-state index is -0.643. The summed E-state index contributed by atoms with van der Waals surface area (Å²) in [7, 11) is 0. The lowest BCUT2D eigenvalue weighted by Gasteiger charge is -2.25. The number of halogens is 1. The predicted molar refractivity (Wildman–Crippen MR) is 117 cm³/mol. The minimum Gasteiger partial charge on any atom is -0.393 e. The molecule has 1 aromatic heterocycles. The lowest BCUT2D eigenvalue weighted by atomic mass is 9.85. The summed E-state index contributed by atoms with van der Waals surface area (Å²) in [4.78, 5) is 21.3. The fraction of sp³-hybridized carbons (Fsp3) is 0.292. The lowest BCUT2D eigenvalue weighted by molar-refractivity contribution is 0.0947. The van der Waals surface area contributed by atoms with Gasteiger partial charge in [-0.25, -0.2) is 14.4 Å². The number of nitrogen functional groups attached to an aromatic ring is 1. The van der Waals surface area contributed by atoms with Crippen LogP contribution >= 0.6 is 0 Å². The maximum absolute atomic E-state index is 14.8. The summed E-state index contributed by atoms with van der Waals surface area (Å²) >= 11 is 0. The van der Waals surface area contributed by atoms with Crippen molar-refractivity contribution in [3.05, 3.63) is 77.4 Å². The largest absolute Gasteiger partial charge is 0.393 e. The Labute approximate surface area is 180 Å². The highest BCUT2D eigenvalue weighted by atomic mass is 19.1. The average molecular weight is 420 g/mol. The van der Waals surface area contributed by atoms with Crippen LogP contribution in [0.1, 0.15) is 53.2 Å². The molecule has 0 aliphatic heterocycles. The van der Waals surface area contributed by atoms with E-state index in [2.05, 4.69) is 15.3 Å². The number of nitrogens with one attached hydrogen (secondary N) is 1. The van der Waals surface area contributed by atoms with Gasteiger partial charge in [0.05, 0.1) is 23.6 Å². The van der Waals surface area contributed by atoms with Crippen LogP contribution in [0.2, 0.25) is 0 Å². The van der Waals surface area contributed by atoms with E-state index in [1.54, 1.807) is 12.3 Å². The second-order valence-electron chi connectivity index (χ2n) is 7.90. The Kier molecular flexibility index (Phi) is 6.23. The van der Waals surface area contributed by atoms with Gasteiger partial charge in [0, 0.05) is 18.0 Å². The molecule has 1 aliphatic rings. The Balaban J connectivity index is 1.52. The van der Waals surface area contributed by atoms with Crippen molar-refractivity contribution in [3.8, 4) is 11.3 Å². The Bertz CT molecular complexity index is 1070. The monoisotopic (exact) mass is 420 g/mol. The summed E-state index contributed by atoms with van der Waals surface area (Å²) in [6, 6.07) is 13.8. The number of carbonyl (C=O) groups is 1. The summed E-state index contributed by atoms with van der Waals surface area (Å²) in [6.45, 7) is 0.317. The molecule has 2 aromatic carbocycles. The van der Waals surface area contributed by atoms with Gasteiger partial charge in [0.25, 0.3) is 5.91 Å². The standard InChI is InChI=1S/C24H25FN4O2/c25-20-12-17(8-11-19(20)24(31)28-13-15-4-2-1-3-5-15)22-23(26)27-14-21(29-22)16-6-9-18(30)10-7-16/h1-5,8,11-12,14,16,18,30H,6-7,9-10,13H2,(H2,26,27)(H,28,31)/t16-,18+. The van der Waals surface area contributed by atoms with E-state index in [9.17, 15) is 14.3 Å². The highest BCUT2D eigenvalue weighted by Crippen LogP contribution is 2.33. The molecule has 1 saturated carbocycles. The molecular formula is C24H25FN4O2. The van der Waals surface area contributed by atoms with Gasteiger partial charge in [-0.2, -0.15) is 0 Å². The maximum Gasteiger partial charge on any atom is 0.254 e.